The molecule has 0 fully saturated rings. The lowest BCUT2D eigenvalue weighted by molar-refractivity contribution is 0.579. The maximum absolute atomic E-state index is 12.1. The highest BCUT2D eigenvalue weighted by molar-refractivity contribution is 7.89. The lowest BCUT2D eigenvalue weighted by atomic mass is 10.4. The van der Waals surface area contributed by atoms with Gasteiger partial charge in [0, 0.05) is 44.6 Å². The third-order valence-corrected chi connectivity index (χ3v) is 4.61. The molecule has 0 amide bonds. The highest BCUT2D eigenvalue weighted by Crippen LogP contribution is 2.09. The maximum Gasteiger partial charge on any atom is 0.259 e. The van der Waals surface area contributed by atoms with Gasteiger partial charge in [-0.2, -0.15) is 4.98 Å². The summed E-state index contributed by atoms with van der Waals surface area (Å²) in [6.45, 7) is 6.93. The van der Waals surface area contributed by atoms with Crippen LogP contribution in [0.1, 0.15) is 18.4 Å². The molecule has 2 aromatic heterocycles. The zero-order valence-electron chi connectivity index (χ0n) is 14.3. The molecule has 0 unspecified atom stereocenters. The first-order chi connectivity index (χ1) is 11.3. The van der Waals surface area contributed by atoms with Gasteiger partial charge in [-0.1, -0.05) is 0 Å². The third kappa shape index (κ3) is 4.65. The van der Waals surface area contributed by atoms with Crippen molar-refractivity contribution in [1.82, 2.24) is 24.2 Å². The smallest absolute Gasteiger partial charge is 0.259 e. The number of nitrogens with zero attached hydrogens (tertiary/aromatic N) is 4. The van der Waals surface area contributed by atoms with Gasteiger partial charge in [0.1, 0.15) is 11.6 Å². The molecule has 9 nitrogen and oxygen atoms in total. The molecule has 3 N–H and O–H groups in total. The molecule has 0 aliphatic carbocycles. The minimum absolute atomic E-state index is 0.0173. The molecule has 0 aliphatic heterocycles. The molecule has 0 radical (unpaired) electrons. The SMILES string of the molecule is CCNc1cc(C)nc(NCCNS(=O)(=O)c2cn(C)c(C)n2)n1. The summed E-state index contributed by atoms with van der Waals surface area (Å²) in [5.74, 6) is 1.83. The Kier molecular flexibility index (Phi) is 5.73. The number of aromatic nitrogens is 4. The second-order valence-electron chi connectivity index (χ2n) is 5.31. The van der Waals surface area contributed by atoms with E-state index in [0.717, 1.165) is 18.1 Å². The first-order valence-electron chi connectivity index (χ1n) is 7.65. The van der Waals surface area contributed by atoms with Crippen LogP contribution in [0.25, 0.3) is 0 Å². The average molecular weight is 353 g/mol. The van der Waals surface area contributed by atoms with Crippen LogP contribution in [0.3, 0.4) is 0 Å². The fourth-order valence-corrected chi connectivity index (χ4v) is 3.08. The van der Waals surface area contributed by atoms with Crippen LogP contribution in [0.5, 0.6) is 0 Å². The van der Waals surface area contributed by atoms with Crippen molar-refractivity contribution in [2.24, 2.45) is 7.05 Å². The zero-order chi connectivity index (χ0) is 17.7. The molecule has 0 saturated carbocycles. The Morgan fingerprint density at radius 2 is 1.88 bits per heavy atom. The van der Waals surface area contributed by atoms with Gasteiger partial charge < -0.3 is 15.2 Å². The highest BCUT2D eigenvalue weighted by Gasteiger charge is 2.17. The summed E-state index contributed by atoms with van der Waals surface area (Å²) < 4.78 is 28.5. The lowest BCUT2D eigenvalue weighted by Crippen LogP contribution is -2.29. The Labute approximate surface area is 142 Å². The van der Waals surface area contributed by atoms with E-state index in [0.29, 0.717) is 18.3 Å². The fraction of sp³-hybridized carbons (Fsp3) is 0.500. The Hall–Kier alpha value is -2.20. The molecule has 24 heavy (non-hydrogen) atoms. The highest BCUT2D eigenvalue weighted by atomic mass is 32.2. The molecule has 0 atom stereocenters. The van der Waals surface area contributed by atoms with Crippen LogP contribution in [0.15, 0.2) is 17.3 Å². The molecule has 0 aliphatic rings. The van der Waals surface area contributed by atoms with E-state index in [9.17, 15) is 8.42 Å². The van der Waals surface area contributed by atoms with Crippen LogP contribution in [0.2, 0.25) is 0 Å². The molecule has 2 heterocycles. The lowest BCUT2D eigenvalue weighted by Gasteiger charge is -2.09. The summed E-state index contributed by atoms with van der Waals surface area (Å²) in [5, 5.41) is 6.15. The van der Waals surface area contributed by atoms with Crippen molar-refractivity contribution in [3.05, 3.63) is 23.8 Å². The topological polar surface area (TPSA) is 114 Å². The summed E-state index contributed by atoms with van der Waals surface area (Å²) in [5.41, 5.74) is 0.827. The summed E-state index contributed by atoms with van der Waals surface area (Å²) in [4.78, 5) is 12.6. The molecular weight excluding hydrogens is 330 g/mol. The van der Waals surface area contributed by atoms with E-state index in [2.05, 4.69) is 30.3 Å². The first kappa shape index (κ1) is 18.1. The van der Waals surface area contributed by atoms with E-state index in [-0.39, 0.29) is 11.6 Å². The Bertz CT molecular complexity index is 782. The molecule has 0 saturated heterocycles. The molecule has 132 valence electrons. The van der Waals surface area contributed by atoms with Gasteiger partial charge in [0.05, 0.1) is 0 Å². The largest absolute Gasteiger partial charge is 0.370 e. The van der Waals surface area contributed by atoms with Crippen molar-refractivity contribution >= 4 is 21.8 Å². The summed E-state index contributed by atoms with van der Waals surface area (Å²) >= 11 is 0. The number of hydrogen-bond acceptors (Lipinski definition) is 7. The predicted octanol–water partition coefficient (Wildman–Crippen LogP) is 0.649. The van der Waals surface area contributed by atoms with Crippen LogP contribution in [0, 0.1) is 13.8 Å². The van der Waals surface area contributed by atoms with Gasteiger partial charge in [-0.25, -0.2) is 23.1 Å². The fourth-order valence-electron chi connectivity index (χ4n) is 2.01. The van der Waals surface area contributed by atoms with E-state index < -0.39 is 10.0 Å². The molecule has 0 bridgehead atoms. The Balaban J connectivity index is 1.90. The summed E-state index contributed by atoms with van der Waals surface area (Å²) in [6, 6.07) is 1.85. The third-order valence-electron chi connectivity index (χ3n) is 3.27. The Morgan fingerprint density at radius 1 is 1.12 bits per heavy atom. The molecule has 2 aromatic rings. The number of imidazole rings is 1. The van der Waals surface area contributed by atoms with Crippen molar-refractivity contribution in [3.63, 3.8) is 0 Å². The second kappa shape index (κ2) is 7.58. The first-order valence-corrected chi connectivity index (χ1v) is 9.13. The predicted molar refractivity (Wildman–Crippen MR) is 92.6 cm³/mol. The van der Waals surface area contributed by atoms with Gasteiger partial charge >= 0.3 is 0 Å². The van der Waals surface area contributed by atoms with Crippen molar-refractivity contribution in [3.8, 4) is 0 Å². The van der Waals surface area contributed by atoms with Crippen LogP contribution in [-0.4, -0.2) is 47.6 Å². The van der Waals surface area contributed by atoms with Crippen LogP contribution >= 0.6 is 0 Å². The summed E-state index contributed by atoms with van der Waals surface area (Å²) in [6.07, 6.45) is 1.48. The van der Waals surface area contributed by atoms with E-state index in [4.69, 9.17) is 0 Å². The zero-order valence-corrected chi connectivity index (χ0v) is 15.1. The van der Waals surface area contributed by atoms with E-state index >= 15 is 0 Å². The van der Waals surface area contributed by atoms with Crippen molar-refractivity contribution in [2.75, 3.05) is 30.3 Å². The van der Waals surface area contributed by atoms with E-state index in [1.54, 1.807) is 18.5 Å². The number of sulfonamides is 1. The number of anilines is 2. The molecule has 2 rings (SSSR count). The van der Waals surface area contributed by atoms with E-state index in [1.165, 1.54) is 6.20 Å². The van der Waals surface area contributed by atoms with Crippen molar-refractivity contribution < 1.29 is 8.42 Å². The van der Waals surface area contributed by atoms with E-state index in [1.807, 2.05) is 19.9 Å². The number of nitrogens with one attached hydrogen (secondary N) is 3. The molecular formula is C14H23N7O2S. The van der Waals surface area contributed by atoms with Crippen LogP contribution in [0.4, 0.5) is 11.8 Å². The average Bonchev–Trinajstić information content (AvgIpc) is 2.84. The minimum atomic E-state index is -3.62. The van der Waals surface area contributed by atoms with Gasteiger partial charge in [0.15, 0.2) is 5.03 Å². The molecule has 0 spiro atoms. The van der Waals surface area contributed by atoms with Gasteiger partial charge in [0.2, 0.25) is 5.95 Å². The normalized spacial score (nSPS) is 11.5. The van der Waals surface area contributed by atoms with Crippen LogP contribution < -0.4 is 15.4 Å². The van der Waals surface area contributed by atoms with Gasteiger partial charge in [-0.05, 0) is 20.8 Å². The quantitative estimate of drug-likeness (QED) is 0.597. The molecule has 10 heteroatoms. The maximum atomic E-state index is 12.1. The van der Waals surface area contributed by atoms with Crippen LogP contribution in [-0.2, 0) is 17.1 Å². The minimum Gasteiger partial charge on any atom is -0.370 e. The number of rotatable bonds is 8. The Morgan fingerprint density at radius 3 is 2.50 bits per heavy atom. The van der Waals surface area contributed by atoms with Gasteiger partial charge in [0.25, 0.3) is 10.0 Å². The molecule has 0 aromatic carbocycles. The number of hydrogen-bond donors (Lipinski definition) is 3. The second-order valence-corrected chi connectivity index (χ2v) is 7.02. The van der Waals surface area contributed by atoms with Gasteiger partial charge in [-0.3, -0.25) is 0 Å². The summed E-state index contributed by atoms with van der Waals surface area (Å²) in [7, 11) is -1.87. The van der Waals surface area contributed by atoms with Gasteiger partial charge in [-0.15, -0.1) is 0 Å². The van der Waals surface area contributed by atoms with Crippen molar-refractivity contribution in [1.29, 1.82) is 0 Å². The number of aryl methyl sites for hydroxylation is 3. The monoisotopic (exact) mass is 353 g/mol. The van der Waals surface area contributed by atoms with Crippen molar-refractivity contribution in [2.45, 2.75) is 25.8 Å². The standard InChI is InChI=1S/C14H23N7O2S/c1-5-15-12-8-10(2)18-14(20-12)16-6-7-17-24(22,23)13-9-21(4)11(3)19-13/h8-9,17H,5-7H2,1-4H3,(H2,15,16,18,20).